The van der Waals surface area contributed by atoms with Crippen LogP contribution in [0.1, 0.15) is 66.2 Å². The van der Waals surface area contributed by atoms with Crippen molar-refractivity contribution in [3.05, 3.63) is 65.5 Å². The molecule has 0 spiro atoms. The molecule has 2 aromatic carbocycles. The summed E-state index contributed by atoms with van der Waals surface area (Å²) in [4.78, 5) is 24.3. The highest BCUT2D eigenvalue weighted by atomic mass is 19.1. The Morgan fingerprint density at radius 1 is 0.852 bits per heavy atom. The van der Waals surface area contributed by atoms with Gasteiger partial charge in [-0.15, -0.1) is 0 Å². The fourth-order valence-electron chi connectivity index (χ4n) is 2.59. The maximum Gasteiger partial charge on any atom is 0.343 e. The van der Waals surface area contributed by atoms with E-state index in [2.05, 4.69) is 6.92 Å². The van der Waals surface area contributed by atoms with E-state index in [1.165, 1.54) is 49.6 Å². The minimum absolute atomic E-state index is 0.154. The summed E-state index contributed by atoms with van der Waals surface area (Å²) in [6, 6.07) is 11.7. The first kappa shape index (κ1) is 20.6. The highest BCUT2D eigenvalue weighted by molar-refractivity contribution is 5.96. The van der Waals surface area contributed by atoms with Crippen molar-refractivity contribution in [2.24, 2.45) is 0 Å². The second-order valence-corrected chi connectivity index (χ2v) is 6.30. The third kappa shape index (κ3) is 6.85. The predicted molar refractivity (Wildman–Crippen MR) is 101 cm³/mol. The Bertz CT molecular complexity index is 757. The SMILES string of the molecule is CCCCCCCCOC(=O)c1cccc(C(=O)Oc2ccccc2F)c1. The standard InChI is InChI=1S/C22H25FO4/c1-2-3-4-5-6-9-15-26-21(24)17-11-10-12-18(16-17)22(25)27-20-14-8-7-13-19(20)23/h7-8,10-14,16H,2-6,9,15H2,1H3. The van der Waals surface area contributed by atoms with Gasteiger partial charge in [-0.1, -0.05) is 57.2 Å². The Hall–Kier alpha value is -2.69. The molecule has 0 unspecified atom stereocenters. The molecule has 5 heteroatoms. The fourth-order valence-corrected chi connectivity index (χ4v) is 2.59. The van der Waals surface area contributed by atoms with E-state index >= 15 is 0 Å². The summed E-state index contributed by atoms with van der Waals surface area (Å²) < 4.78 is 23.9. The summed E-state index contributed by atoms with van der Waals surface area (Å²) in [7, 11) is 0. The van der Waals surface area contributed by atoms with Gasteiger partial charge in [0.2, 0.25) is 0 Å². The van der Waals surface area contributed by atoms with Crippen molar-refractivity contribution < 1.29 is 23.5 Å². The van der Waals surface area contributed by atoms with Crippen LogP contribution in [-0.2, 0) is 4.74 Å². The Kier molecular flexibility index (Phi) is 8.49. The maximum atomic E-state index is 13.6. The number of ether oxygens (including phenoxy) is 2. The molecule has 4 nitrogen and oxygen atoms in total. The van der Waals surface area contributed by atoms with Gasteiger partial charge in [-0.3, -0.25) is 0 Å². The fraction of sp³-hybridized carbons (Fsp3) is 0.364. The molecule has 0 saturated heterocycles. The smallest absolute Gasteiger partial charge is 0.343 e. The number of rotatable bonds is 10. The number of halogens is 1. The van der Waals surface area contributed by atoms with E-state index in [0.717, 1.165) is 19.3 Å². The summed E-state index contributed by atoms with van der Waals surface area (Å²) in [5, 5.41) is 0. The normalized spacial score (nSPS) is 10.4. The molecule has 0 fully saturated rings. The number of unbranched alkanes of at least 4 members (excludes halogenated alkanes) is 5. The van der Waals surface area contributed by atoms with Crippen LogP contribution in [0.4, 0.5) is 4.39 Å². The second-order valence-electron chi connectivity index (χ2n) is 6.30. The van der Waals surface area contributed by atoms with Gasteiger partial charge in [0.05, 0.1) is 17.7 Å². The topological polar surface area (TPSA) is 52.6 Å². The lowest BCUT2D eigenvalue weighted by atomic mass is 10.1. The third-order valence-electron chi connectivity index (χ3n) is 4.10. The molecular weight excluding hydrogens is 347 g/mol. The van der Waals surface area contributed by atoms with Crippen LogP contribution in [0.15, 0.2) is 48.5 Å². The van der Waals surface area contributed by atoms with Gasteiger partial charge in [0.25, 0.3) is 0 Å². The van der Waals surface area contributed by atoms with Crippen molar-refractivity contribution in [1.82, 2.24) is 0 Å². The van der Waals surface area contributed by atoms with Crippen LogP contribution in [0.5, 0.6) is 5.75 Å². The quantitative estimate of drug-likeness (QED) is 0.311. The van der Waals surface area contributed by atoms with Gasteiger partial charge in [-0.2, -0.15) is 0 Å². The van der Waals surface area contributed by atoms with Crippen LogP contribution < -0.4 is 4.74 Å². The number of hydrogen-bond acceptors (Lipinski definition) is 4. The van der Waals surface area contributed by atoms with Crippen molar-refractivity contribution in [1.29, 1.82) is 0 Å². The van der Waals surface area contributed by atoms with E-state index in [4.69, 9.17) is 9.47 Å². The van der Waals surface area contributed by atoms with E-state index in [-0.39, 0.29) is 16.9 Å². The lowest BCUT2D eigenvalue weighted by Crippen LogP contribution is -2.12. The molecule has 0 radical (unpaired) electrons. The number of esters is 2. The lowest BCUT2D eigenvalue weighted by molar-refractivity contribution is 0.0497. The number of hydrogen-bond donors (Lipinski definition) is 0. The number of para-hydroxylation sites is 1. The predicted octanol–water partition coefficient (Wildman–Crippen LogP) is 5.56. The molecule has 0 aliphatic carbocycles. The van der Waals surface area contributed by atoms with E-state index in [1.54, 1.807) is 18.2 Å². The molecule has 0 aromatic heterocycles. The molecule has 0 saturated carbocycles. The van der Waals surface area contributed by atoms with E-state index in [0.29, 0.717) is 6.61 Å². The second kappa shape index (κ2) is 11.1. The molecule has 0 bridgehead atoms. The summed E-state index contributed by atoms with van der Waals surface area (Å²) >= 11 is 0. The van der Waals surface area contributed by atoms with Crippen molar-refractivity contribution in [2.45, 2.75) is 45.4 Å². The van der Waals surface area contributed by atoms with E-state index in [1.807, 2.05) is 0 Å². The number of benzene rings is 2. The molecule has 27 heavy (non-hydrogen) atoms. The molecule has 0 heterocycles. The molecular formula is C22H25FO4. The Balaban J connectivity index is 1.86. The number of carbonyl (C=O) groups is 2. The van der Waals surface area contributed by atoms with Gasteiger partial charge in [0.15, 0.2) is 11.6 Å². The van der Waals surface area contributed by atoms with Crippen LogP contribution >= 0.6 is 0 Å². The Labute approximate surface area is 159 Å². The number of carbonyl (C=O) groups excluding carboxylic acids is 2. The summed E-state index contributed by atoms with van der Waals surface area (Å²) in [5.74, 6) is -1.99. The van der Waals surface area contributed by atoms with Gasteiger partial charge >= 0.3 is 11.9 Å². The highest BCUT2D eigenvalue weighted by Gasteiger charge is 2.14. The monoisotopic (exact) mass is 372 g/mol. The minimum atomic E-state index is -0.731. The van der Waals surface area contributed by atoms with Gasteiger partial charge < -0.3 is 9.47 Å². The first-order valence-electron chi connectivity index (χ1n) is 9.35. The minimum Gasteiger partial charge on any atom is -0.462 e. The molecule has 0 aliphatic heterocycles. The zero-order valence-corrected chi connectivity index (χ0v) is 15.6. The van der Waals surface area contributed by atoms with Crippen molar-refractivity contribution in [3.63, 3.8) is 0 Å². The molecule has 0 amide bonds. The highest BCUT2D eigenvalue weighted by Crippen LogP contribution is 2.18. The summed E-state index contributed by atoms with van der Waals surface area (Å²) in [5.41, 5.74) is 0.427. The van der Waals surface area contributed by atoms with Crippen LogP contribution in [0.2, 0.25) is 0 Å². The molecule has 0 N–H and O–H groups in total. The Morgan fingerprint density at radius 2 is 1.52 bits per heavy atom. The molecule has 144 valence electrons. The molecule has 0 aliphatic rings. The van der Waals surface area contributed by atoms with Crippen LogP contribution in [0, 0.1) is 5.82 Å². The maximum absolute atomic E-state index is 13.6. The van der Waals surface area contributed by atoms with Crippen LogP contribution in [0.3, 0.4) is 0 Å². The van der Waals surface area contributed by atoms with Gasteiger partial charge in [0.1, 0.15) is 0 Å². The summed E-state index contributed by atoms with van der Waals surface area (Å²) in [6.07, 6.45) is 6.63. The van der Waals surface area contributed by atoms with Gasteiger partial charge in [0, 0.05) is 0 Å². The van der Waals surface area contributed by atoms with Crippen LogP contribution in [0.25, 0.3) is 0 Å². The lowest BCUT2D eigenvalue weighted by Gasteiger charge is -2.08. The average molecular weight is 372 g/mol. The first-order valence-corrected chi connectivity index (χ1v) is 9.35. The van der Waals surface area contributed by atoms with E-state index in [9.17, 15) is 14.0 Å². The van der Waals surface area contributed by atoms with E-state index < -0.39 is 17.8 Å². The van der Waals surface area contributed by atoms with Gasteiger partial charge in [-0.05, 0) is 36.8 Å². The zero-order chi connectivity index (χ0) is 19.5. The molecule has 2 aromatic rings. The largest absolute Gasteiger partial charge is 0.462 e. The molecule has 2 rings (SSSR count). The van der Waals surface area contributed by atoms with Crippen molar-refractivity contribution in [2.75, 3.05) is 6.61 Å². The van der Waals surface area contributed by atoms with Crippen molar-refractivity contribution in [3.8, 4) is 5.75 Å². The third-order valence-corrected chi connectivity index (χ3v) is 4.10. The molecule has 0 atom stereocenters. The first-order chi connectivity index (χ1) is 13.1. The van der Waals surface area contributed by atoms with Gasteiger partial charge in [-0.25, -0.2) is 14.0 Å². The average Bonchev–Trinajstić information content (AvgIpc) is 2.69. The Morgan fingerprint density at radius 3 is 2.26 bits per heavy atom. The summed E-state index contributed by atoms with van der Waals surface area (Å²) in [6.45, 7) is 2.52. The zero-order valence-electron chi connectivity index (χ0n) is 15.6. The van der Waals surface area contributed by atoms with Crippen LogP contribution in [-0.4, -0.2) is 18.5 Å². The van der Waals surface area contributed by atoms with Crippen molar-refractivity contribution >= 4 is 11.9 Å².